The highest BCUT2D eigenvalue weighted by molar-refractivity contribution is 9.11. The first kappa shape index (κ1) is 15.0. The molecule has 0 N–H and O–H groups in total. The summed E-state index contributed by atoms with van der Waals surface area (Å²) < 4.78 is 25.4. The third-order valence-electron chi connectivity index (χ3n) is 3.72. The van der Waals surface area contributed by atoms with Crippen molar-refractivity contribution in [3.05, 3.63) is 27.1 Å². The largest absolute Gasteiger partial charge is 0.222 e. The summed E-state index contributed by atoms with van der Waals surface area (Å²) >= 11 is 6.54. The first-order valence-electron chi connectivity index (χ1n) is 5.97. The number of benzene rings is 1. The standard InChI is InChI=1S/C13H13Br2NO2S/c1-2-9-6-13(7-9,8-16)19(17,18)12-5-10(14)3-4-11(12)15/h3-5,9H,2,6-7H2,1H3. The molecule has 102 valence electrons. The predicted octanol–water partition coefficient (Wildman–Crippen LogP) is 4.07. The minimum absolute atomic E-state index is 0.193. The number of hydrogen-bond acceptors (Lipinski definition) is 3. The van der Waals surface area contributed by atoms with E-state index in [1.54, 1.807) is 18.2 Å². The first-order chi connectivity index (χ1) is 8.86. The van der Waals surface area contributed by atoms with E-state index in [1.807, 2.05) is 13.0 Å². The van der Waals surface area contributed by atoms with Crippen LogP contribution in [-0.4, -0.2) is 13.2 Å². The third-order valence-corrected chi connectivity index (χ3v) is 7.53. The molecule has 19 heavy (non-hydrogen) atoms. The molecule has 0 saturated heterocycles. The fraction of sp³-hybridized carbons (Fsp3) is 0.462. The quantitative estimate of drug-likeness (QED) is 0.760. The van der Waals surface area contributed by atoms with Gasteiger partial charge >= 0.3 is 0 Å². The smallest absolute Gasteiger partial charge is 0.198 e. The highest BCUT2D eigenvalue weighted by atomic mass is 79.9. The molecule has 1 aliphatic rings. The summed E-state index contributed by atoms with van der Waals surface area (Å²) in [6.07, 6.45) is 1.78. The van der Waals surface area contributed by atoms with Crippen LogP contribution >= 0.6 is 31.9 Å². The number of hydrogen-bond donors (Lipinski definition) is 0. The fourth-order valence-electron chi connectivity index (χ4n) is 2.43. The molecule has 0 bridgehead atoms. The van der Waals surface area contributed by atoms with Crippen LogP contribution in [0.1, 0.15) is 26.2 Å². The Morgan fingerprint density at radius 2 is 2.05 bits per heavy atom. The second kappa shape index (κ2) is 5.19. The lowest BCUT2D eigenvalue weighted by atomic mass is 9.73. The molecule has 0 aromatic heterocycles. The Hall–Kier alpha value is -0.380. The zero-order valence-corrected chi connectivity index (χ0v) is 14.3. The summed E-state index contributed by atoms with van der Waals surface area (Å²) in [5.74, 6) is 0.334. The van der Waals surface area contributed by atoms with Crippen LogP contribution in [0.25, 0.3) is 0 Å². The maximum Gasteiger partial charge on any atom is 0.198 e. The van der Waals surface area contributed by atoms with E-state index in [-0.39, 0.29) is 4.90 Å². The van der Waals surface area contributed by atoms with Gasteiger partial charge in [0, 0.05) is 8.95 Å². The maximum absolute atomic E-state index is 12.7. The highest BCUT2D eigenvalue weighted by Gasteiger charge is 2.55. The molecule has 0 radical (unpaired) electrons. The number of halogens is 2. The molecule has 3 nitrogen and oxygen atoms in total. The van der Waals surface area contributed by atoms with Crippen LogP contribution in [0.3, 0.4) is 0 Å². The summed E-state index contributed by atoms with van der Waals surface area (Å²) in [7, 11) is -3.65. The molecule has 2 rings (SSSR count). The molecule has 0 spiro atoms. The molecule has 0 atom stereocenters. The van der Waals surface area contributed by atoms with Crippen LogP contribution < -0.4 is 0 Å². The number of nitriles is 1. The van der Waals surface area contributed by atoms with Gasteiger partial charge in [0.05, 0.1) is 11.0 Å². The van der Waals surface area contributed by atoms with Crippen LogP contribution in [0, 0.1) is 17.2 Å². The van der Waals surface area contributed by atoms with Gasteiger partial charge in [0.25, 0.3) is 0 Å². The molecule has 1 fully saturated rings. The molecule has 6 heteroatoms. The monoisotopic (exact) mass is 405 g/mol. The lowest BCUT2D eigenvalue weighted by Gasteiger charge is -2.41. The Labute approximate surface area is 130 Å². The van der Waals surface area contributed by atoms with Crippen LogP contribution in [0.4, 0.5) is 0 Å². The van der Waals surface area contributed by atoms with Crippen molar-refractivity contribution in [1.82, 2.24) is 0 Å². The summed E-state index contributed by atoms with van der Waals surface area (Å²) in [6.45, 7) is 2.02. The molecule has 0 heterocycles. The van der Waals surface area contributed by atoms with Crippen molar-refractivity contribution in [1.29, 1.82) is 5.26 Å². The maximum atomic E-state index is 12.7. The Balaban J connectivity index is 2.49. The lowest BCUT2D eigenvalue weighted by molar-refractivity contribution is 0.256. The Kier molecular flexibility index (Phi) is 4.10. The van der Waals surface area contributed by atoms with E-state index >= 15 is 0 Å². The van der Waals surface area contributed by atoms with Crippen LogP contribution in [0.5, 0.6) is 0 Å². The predicted molar refractivity (Wildman–Crippen MR) is 80.4 cm³/mol. The van der Waals surface area contributed by atoms with Crippen molar-refractivity contribution >= 4 is 41.7 Å². The van der Waals surface area contributed by atoms with Gasteiger partial charge in [-0.1, -0.05) is 29.3 Å². The zero-order chi connectivity index (χ0) is 14.3. The van der Waals surface area contributed by atoms with Crippen molar-refractivity contribution in [2.45, 2.75) is 35.8 Å². The summed E-state index contributed by atoms with van der Waals surface area (Å²) in [5, 5.41) is 9.35. The molecule has 1 saturated carbocycles. The van der Waals surface area contributed by atoms with Crippen molar-refractivity contribution in [2.75, 3.05) is 0 Å². The Bertz CT molecular complexity index is 643. The van der Waals surface area contributed by atoms with E-state index in [1.165, 1.54) is 0 Å². The zero-order valence-electron chi connectivity index (χ0n) is 10.4. The third kappa shape index (κ3) is 2.37. The average Bonchev–Trinajstić information content (AvgIpc) is 2.31. The van der Waals surface area contributed by atoms with Gasteiger partial charge in [-0.25, -0.2) is 8.42 Å². The SMILES string of the molecule is CCC1CC(C#N)(S(=O)(=O)c2cc(Br)ccc2Br)C1. The van der Waals surface area contributed by atoms with Crippen molar-refractivity contribution < 1.29 is 8.42 Å². The van der Waals surface area contributed by atoms with E-state index < -0.39 is 14.6 Å². The van der Waals surface area contributed by atoms with Crippen LogP contribution in [-0.2, 0) is 9.84 Å². The molecule has 0 aliphatic heterocycles. The first-order valence-corrected chi connectivity index (χ1v) is 9.04. The molecule has 1 aliphatic carbocycles. The molecule has 1 aromatic carbocycles. The van der Waals surface area contributed by atoms with Gasteiger partial charge in [0.1, 0.15) is 0 Å². The van der Waals surface area contributed by atoms with Gasteiger partial charge in [-0.15, -0.1) is 0 Å². The van der Waals surface area contributed by atoms with Crippen molar-refractivity contribution in [3.8, 4) is 6.07 Å². The topological polar surface area (TPSA) is 57.9 Å². The van der Waals surface area contributed by atoms with E-state index in [2.05, 4.69) is 31.9 Å². The number of rotatable bonds is 3. The average molecular weight is 407 g/mol. The number of sulfone groups is 1. The van der Waals surface area contributed by atoms with Crippen LogP contribution in [0.2, 0.25) is 0 Å². The van der Waals surface area contributed by atoms with Gasteiger partial charge in [-0.3, -0.25) is 0 Å². The van der Waals surface area contributed by atoms with Gasteiger partial charge in [0.2, 0.25) is 0 Å². The normalized spacial score (nSPS) is 26.5. The minimum Gasteiger partial charge on any atom is -0.222 e. The number of nitrogens with zero attached hydrogens (tertiary/aromatic N) is 1. The Morgan fingerprint density at radius 1 is 1.42 bits per heavy atom. The summed E-state index contributed by atoms with van der Waals surface area (Å²) in [6, 6.07) is 7.03. The highest BCUT2D eigenvalue weighted by Crippen LogP contribution is 2.48. The van der Waals surface area contributed by atoms with E-state index in [4.69, 9.17) is 0 Å². The van der Waals surface area contributed by atoms with Crippen LogP contribution in [0.15, 0.2) is 32.0 Å². The summed E-state index contributed by atoms with van der Waals surface area (Å²) in [5.41, 5.74) is 0. The van der Waals surface area contributed by atoms with E-state index in [9.17, 15) is 13.7 Å². The fourth-order valence-corrected chi connectivity index (χ4v) is 5.88. The van der Waals surface area contributed by atoms with Crippen molar-refractivity contribution in [2.24, 2.45) is 5.92 Å². The molecule has 0 amide bonds. The van der Waals surface area contributed by atoms with Gasteiger partial charge in [0.15, 0.2) is 14.6 Å². The van der Waals surface area contributed by atoms with Gasteiger partial charge < -0.3 is 0 Å². The molecular weight excluding hydrogens is 394 g/mol. The molecule has 0 unspecified atom stereocenters. The molecular formula is C13H13Br2NO2S. The second-order valence-electron chi connectivity index (χ2n) is 4.87. The van der Waals surface area contributed by atoms with E-state index in [0.29, 0.717) is 27.7 Å². The second-order valence-corrected chi connectivity index (χ2v) is 8.86. The lowest BCUT2D eigenvalue weighted by Crippen LogP contribution is -2.49. The van der Waals surface area contributed by atoms with Gasteiger partial charge in [-0.2, -0.15) is 5.26 Å². The van der Waals surface area contributed by atoms with Crippen molar-refractivity contribution in [3.63, 3.8) is 0 Å². The van der Waals surface area contributed by atoms with E-state index in [0.717, 1.165) is 6.42 Å². The Morgan fingerprint density at radius 3 is 2.58 bits per heavy atom. The summed E-state index contributed by atoms with van der Waals surface area (Å²) in [4.78, 5) is 0.193. The van der Waals surface area contributed by atoms with Gasteiger partial charge in [-0.05, 0) is 52.9 Å². The minimum atomic E-state index is -3.65. The molecule has 1 aromatic rings.